The summed E-state index contributed by atoms with van der Waals surface area (Å²) in [6.45, 7) is 6.14. The van der Waals surface area contributed by atoms with Crippen LogP contribution in [0, 0.1) is 0 Å². The van der Waals surface area contributed by atoms with Crippen molar-refractivity contribution in [3.05, 3.63) is 28.2 Å². The van der Waals surface area contributed by atoms with E-state index in [-0.39, 0.29) is 0 Å². The predicted octanol–water partition coefficient (Wildman–Crippen LogP) is 2.44. The third kappa shape index (κ3) is 2.71. The van der Waals surface area contributed by atoms with Crippen molar-refractivity contribution in [3.63, 3.8) is 0 Å². The van der Waals surface area contributed by atoms with Gasteiger partial charge in [-0.15, -0.1) is 0 Å². The molecular formula is C14H22BrN3. The van der Waals surface area contributed by atoms with Gasteiger partial charge in [0.1, 0.15) is 0 Å². The number of anilines is 1. The minimum atomic E-state index is 0.583. The van der Waals surface area contributed by atoms with Gasteiger partial charge in [0.2, 0.25) is 0 Å². The quantitative estimate of drug-likeness (QED) is 0.930. The molecule has 0 bridgehead atoms. The highest BCUT2D eigenvalue weighted by Crippen LogP contribution is 2.29. The zero-order valence-electron chi connectivity index (χ0n) is 11.2. The van der Waals surface area contributed by atoms with Crippen LogP contribution in [0.2, 0.25) is 0 Å². The topological polar surface area (TPSA) is 32.5 Å². The summed E-state index contributed by atoms with van der Waals surface area (Å²) in [6, 6.07) is 6.99. The molecule has 2 rings (SSSR count). The maximum Gasteiger partial charge on any atom is 0.0424 e. The van der Waals surface area contributed by atoms with Gasteiger partial charge in [0.15, 0.2) is 0 Å². The van der Waals surface area contributed by atoms with Crippen LogP contribution in [-0.4, -0.2) is 37.6 Å². The number of hydrogen-bond donors (Lipinski definition) is 1. The van der Waals surface area contributed by atoms with E-state index in [9.17, 15) is 0 Å². The maximum absolute atomic E-state index is 5.89. The van der Waals surface area contributed by atoms with Gasteiger partial charge in [-0.25, -0.2) is 0 Å². The van der Waals surface area contributed by atoms with Crippen molar-refractivity contribution in [1.29, 1.82) is 0 Å². The van der Waals surface area contributed by atoms with E-state index >= 15 is 0 Å². The molecule has 0 spiro atoms. The van der Waals surface area contributed by atoms with Crippen molar-refractivity contribution in [1.82, 2.24) is 4.90 Å². The highest BCUT2D eigenvalue weighted by molar-refractivity contribution is 9.10. The van der Waals surface area contributed by atoms with Gasteiger partial charge in [-0.1, -0.05) is 28.9 Å². The molecule has 1 aliphatic rings. The van der Waals surface area contributed by atoms with Crippen molar-refractivity contribution in [2.75, 3.05) is 31.6 Å². The second-order valence-corrected chi connectivity index (χ2v) is 5.78. The number of nitrogens with two attached hydrogens (primary N) is 1. The SMILES string of the molecule is CCC1CN(c2cccc(Br)c2CN)CCN1C. The van der Waals surface area contributed by atoms with Gasteiger partial charge in [-0.05, 0) is 25.6 Å². The van der Waals surface area contributed by atoms with E-state index in [1.54, 1.807) is 0 Å². The average molecular weight is 312 g/mol. The summed E-state index contributed by atoms with van der Waals surface area (Å²) < 4.78 is 1.12. The average Bonchev–Trinajstić information content (AvgIpc) is 2.39. The van der Waals surface area contributed by atoms with Crippen LogP contribution in [0.1, 0.15) is 18.9 Å². The molecule has 1 fully saturated rings. The summed E-state index contributed by atoms with van der Waals surface area (Å²) in [5, 5.41) is 0. The molecule has 1 heterocycles. The predicted molar refractivity (Wildman–Crippen MR) is 81.0 cm³/mol. The van der Waals surface area contributed by atoms with E-state index in [1.165, 1.54) is 17.7 Å². The fourth-order valence-electron chi connectivity index (χ4n) is 2.65. The standard InChI is InChI=1S/C14H22BrN3/c1-3-11-10-18(8-7-17(11)2)14-6-4-5-13(15)12(14)9-16/h4-6,11H,3,7-10,16H2,1-2H3. The van der Waals surface area contributed by atoms with Crippen LogP contribution in [-0.2, 0) is 6.54 Å². The van der Waals surface area contributed by atoms with Crippen molar-refractivity contribution in [2.45, 2.75) is 25.9 Å². The minimum Gasteiger partial charge on any atom is -0.368 e. The molecule has 3 nitrogen and oxygen atoms in total. The maximum atomic E-state index is 5.89. The van der Waals surface area contributed by atoms with Gasteiger partial charge in [-0.3, -0.25) is 4.90 Å². The number of piperazine rings is 1. The fraction of sp³-hybridized carbons (Fsp3) is 0.571. The van der Waals surface area contributed by atoms with Gasteiger partial charge >= 0.3 is 0 Å². The molecule has 0 amide bonds. The normalized spacial score (nSPS) is 21.3. The summed E-state index contributed by atoms with van der Waals surface area (Å²) in [5.74, 6) is 0. The molecular weight excluding hydrogens is 290 g/mol. The first-order valence-electron chi connectivity index (χ1n) is 6.60. The Labute approximate surface area is 118 Å². The van der Waals surface area contributed by atoms with E-state index in [1.807, 2.05) is 0 Å². The summed E-state index contributed by atoms with van der Waals surface area (Å²) in [7, 11) is 2.22. The van der Waals surface area contributed by atoms with Gasteiger partial charge in [0.25, 0.3) is 0 Å². The number of hydrogen-bond acceptors (Lipinski definition) is 3. The van der Waals surface area contributed by atoms with E-state index in [4.69, 9.17) is 5.73 Å². The molecule has 100 valence electrons. The summed E-state index contributed by atoms with van der Waals surface area (Å²) in [4.78, 5) is 4.93. The second kappa shape index (κ2) is 6.04. The van der Waals surface area contributed by atoms with Gasteiger partial charge < -0.3 is 10.6 Å². The lowest BCUT2D eigenvalue weighted by Crippen LogP contribution is -2.51. The van der Waals surface area contributed by atoms with Crippen molar-refractivity contribution < 1.29 is 0 Å². The number of rotatable bonds is 3. The van der Waals surface area contributed by atoms with E-state index in [0.29, 0.717) is 12.6 Å². The largest absolute Gasteiger partial charge is 0.368 e. The molecule has 0 aromatic heterocycles. The van der Waals surface area contributed by atoms with Gasteiger partial charge in [-0.2, -0.15) is 0 Å². The van der Waals surface area contributed by atoms with E-state index in [0.717, 1.165) is 24.1 Å². The number of benzene rings is 1. The minimum absolute atomic E-state index is 0.583. The molecule has 1 atom stereocenters. The number of likely N-dealkylation sites (N-methyl/N-ethyl adjacent to an activating group) is 1. The lowest BCUT2D eigenvalue weighted by atomic mass is 10.1. The Bertz CT molecular complexity index is 408. The lowest BCUT2D eigenvalue weighted by molar-refractivity contribution is 0.213. The molecule has 0 radical (unpaired) electrons. The Kier molecular flexibility index (Phi) is 4.65. The first kappa shape index (κ1) is 13.8. The zero-order valence-corrected chi connectivity index (χ0v) is 12.8. The molecule has 4 heteroatoms. The third-order valence-corrected chi connectivity index (χ3v) is 4.63. The molecule has 1 aliphatic heterocycles. The summed E-state index contributed by atoms with van der Waals surface area (Å²) >= 11 is 3.60. The van der Waals surface area contributed by atoms with Crippen molar-refractivity contribution in [3.8, 4) is 0 Å². The third-order valence-electron chi connectivity index (χ3n) is 3.89. The highest BCUT2D eigenvalue weighted by Gasteiger charge is 2.24. The first-order valence-corrected chi connectivity index (χ1v) is 7.39. The Balaban J connectivity index is 2.24. The lowest BCUT2D eigenvalue weighted by Gasteiger charge is -2.41. The van der Waals surface area contributed by atoms with Gasteiger partial charge in [0, 0.05) is 47.9 Å². The second-order valence-electron chi connectivity index (χ2n) is 4.93. The van der Waals surface area contributed by atoms with Crippen LogP contribution in [0.15, 0.2) is 22.7 Å². The smallest absolute Gasteiger partial charge is 0.0424 e. The molecule has 0 aliphatic carbocycles. The monoisotopic (exact) mass is 311 g/mol. The van der Waals surface area contributed by atoms with Crippen LogP contribution in [0.25, 0.3) is 0 Å². The molecule has 1 unspecified atom stereocenters. The zero-order chi connectivity index (χ0) is 13.1. The molecule has 18 heavy (non-hydrogen) atoms. The number of nitrogens with zero attached hydrogens (tertiary/aromatic N) is 2. The highest BCUT2D eigenvalue weighted by atomic mass is 79.9. The summed E-state index contributed by atoms with van der Waals surface area (Å²) in [5.41, 5.74) is 8.40. The fourth-order valence-corrected chi connectivity index (χ4v) is 3.17. The van der Waals surface area contributed by atoms with Crippen molar-refractivity contribution in [2.24, 2.45) is 5.73 Å². The van der Waals surface area contributed by atoms with E-state index in [2.05, 4.69) is 57.9 Å². The Hall–Kier alpha value is -0.580. The van der Waals surface area contributed by atoms with Crippen LogP contribution >= 0.6 is 15.9 Å². The van der Waals surface area contributed by atoms with Crippen LogP contribution in [0.3, 0.4) is 0 Å². The molecule has 1 aromatic carbocycles. The van der Waals surface area contributed by atoms with E-state index < -0.39 is 0 Å². The Morgan fingerprint density at radius 1 is 1.39 bits per heavy atom. The summed E-state index contributed by atoms with van der Waals surface area (Å²) in [6.07, 6.45) is 1.19. The Morgan fingerprint density at radius 2 is 2.17 bits per heavy atom. The van der Waals surface area contributed by atoms with Crippen LogP contribution in [0.5, 0.6) is 0 Å². The van der Waals surface area contributed by atoms with Crippen LogP contribution < -0.4 is 10.6 Å². The molecule has 1 saturated heterocycles. The van der Waals surface area contributed by atoms with Gasteiger partial charge in [0.05, 0.1) is 0 Å². The molecule has 1 aromatic rings. The Morgan fingerprint density at radius 3 is 2.83 bits per heavy atom. The van der Waals surface area contributed by atoms with Crippen LogP contribution in [0.4, 0.5) is 5.69 Å². The van der Waals surface area contributed by atoms with Crippen molar-refractivity contribution >= 4 is 21.6 Å². The number of halogens is 1. The molecule has 2 N–H and O–H groups in total. The molecule has 0 saturated carbocycles. The first-order chi connectivity index (χ1) is 8.67.